The van der Waals surface area contributed by atoms with E-state index < -0.39 is 11.9 Å². The number of hydrogen-bond donors (Lipinski definition) is 1. The molecule has 0 aromatic heterocycles. The first-order chi connectivity index (χ1) is 10.4. The predicted molar refractivity (Wildman–Crippen MR) is 82.6 cm³/mol. The molecule has 1 rings (SSSR count). The zero-order valence-corrected chi connectivity index (χ0v) is 13.7. The van der Waals surface area contributed by atoms with Gasteiger partial charge in [0, 0.05) is 31.3 Å². The van der Waals surface area contributed by atoms with Crippen molar-refractivity contribution in [2.24, 2.45) is 5.92 Å². The molecular formula is C16H27NO5. The molecule has 6 nitrogen and oxygen atoms in total. The molecule has 0 spiro atoms. The molecule has 22 heavy (non-hydrogen) atoms. The van der Waals surface area contributed by atoms with Gasteiger partial charge in [-0.25, -0.2) is 9.59 Å². The standard InChI is InChI=1S/C16H27NO5/c1-4-12(2)13(3)22-16(20)14(11-15(18)19)5-6-17-7-9-21-10-8-17/h11-13H,4-10H2,1-3H3,(H,18,19)/b14-11+. The van der Waals surface area contributed by atoms with Gasteiger partial charge in [0.15, 0.2) is 0 Å². The molecular weight excluding hydrogens is 286 g/mol. The van der Waals surface area contributed by atoms with Crippen LogP contribution in [0.5, 0.6) is 0 Å². The monoisotopic (exact) mass is 313 g/mol. The molecule has 0 bridgehead atoms. The molecule has 1 aliphatic heterocycles. The number of rotatable bonds is 8. The van der Waals surface area contributed by atoms with E-state index >= 15 is 0 Å². The van der Waals surface area contributed by atoms with Crippen LogP contribution in [0, 0.1) is 5.92 Å². The maximum absolute atomic E-state index is 12.2. The molecule has 1 aliphatic rings. The van der Waals surface area contributed by atoms with Gasteiger partial charge < -0.3 is 14.6 Å². The van der Waals surface area contributed by atoms with Gasteiger partial charge in [0.1, 0.15) is 6.10 Å². The lowest BCUT2D eigenvalue weighted by Gasteiger charge is -2.27. The van der Waals surface area contributed by atoms with Gasteiger partial charge in [-0.3, -0.25) is 4.90 Å². The molecule has 126 valence electrons. The largest absolute Gasteiger partial charge is 0.478 e. The molecule has 0 radical (unpaired) electrons. The molecule has 1 saturated heterocycles. The minimum absolute atomic E-state index is 0.217. The van der Waals surface area contributed by atoms with Crippen molar-refractivity contribution >= 4 is 11.9 Å². The minimum atomic E-state index is -1.12. The number of carbonyl (C=O) groups is 2. The lowest BCUT2D eigenvalue weighted by Crippen LogP contribution is -2.37. The van der Waals surface area contributed by atoms with Gasteiger partial charge in [-0.05, 0) is 19.3 Å². The van der Waals surface area contributed by atoms with Gasteiger partial charge >= 0.3 is 11.9 Å². The van der Waals surface area contributed by atoms with E-state index in [1.165, 1.54) is 0 Å². The van der Waals surface area contributed by atoms with Crippen LogP contribution in [0.25, 0.3) is 0 Å². The van der Waals surface area contributed by atoms with Crippen molar-refractivity contribution in [1.82, 2.24) is 4.90 Å². The third kappa shape index (κ3) is 6.58. The van der Waals surface area contributed by atoms with Gasteiger partial charge in [-0.1, -0.05) is 20.3 Å². The molecule has 0 aromatic rings. The van der Waals surface area contributed by atoms with Crippen molar-refractivity contribution in [1.29, 1.82) is 0 Å². The van der Waals surface area contributed by atoms with Crippen molar-refractivity contribution in [3.8, 4) is 0 Å². The van der Waals surface area contributed by atoms with Gasteiger partial charge in [-0.2, -0.15) is 0 Å². The second-order valence-electron chi connectivity index (χ2n) is 5.71. The highest BCUT2D eigenvalue weighted by Crippen LogP contribution is 2.15. The van der Waals surface area contributed by atoms with E-state index in [1.54, 1.807) is 0 Å². The zero-order chi connectivity index (χ0) is 16.5. The molecule has 2 atom stereocenters. The average molecular weight is 313 g/mol. The highest BCUT2D eigenvalue weighted by Gasteiger charge is 2.20. The van der Waals surface area contributed by atoms with E-state index in [0.29, 0.717) is 26.2 Å². The van der Waals surface area contributed by atoms with Crippen LogP contribution in [-0.4, -0.2) is 60.9 Å². The molecule has 1 heterocycles. The molecule has 0 aliphatic carbocycles. The van der Waals surface area contributed by atoms with Crippen molar-refractivity contribution in [2.45, 2.75) is 39.7 Å². The van der Waals surface area contributed by atoms with Crippen LogP contribution in [0.1, 0.15) is 33.6 Å². The Kier molecular flexibility index (Phi) is 8.12. The highest BCUT2D eigenvalue weighted by atomic mass is 16.5. The normalized spacial score (nSPS) is 19.5. The first kappa shape index (κ1) is 18.6. The van der Waals surface area contributed by atoms with Crippen molar-refractivity contribution in [3.05, 3.63) is 11.6 Å². The smallest absolute Gasteiger partial charge is 0.334 e. The van der Waals surface area contributed by atoms with Crippen molar-refractivity contribution < 1.29 is 24.2 Å². The number of ether oxygens (including phenoxy) is 2. The van der Waals surface area contributed by atoms with Crippen LogP contribution < -0.4 is 0 Å². The summed E-state index contributed by atoms with van der Waals surface area (Å²) in [5.41, 5.74) is 0.217. The second kappa shape index (κ2) is 9.58. The molecule has 0 aromatic carbocycles. The van der Waals surface area contributed by atoms with Crippen molar-refractivity contribution in [3.63, 3.8) is 0 Å². The fourth-order valence-electron chi connectivity index (χ4n) is 2.18. The van der Waals surface area contributed by atoms with E-state index in [1.807, 2.05) is 20.8 Å². The fourth-order valence-corrected chi connectivity index (χ4v) is 2.18. The molecule has 1 N–H and O–H groups in total. The molecule has 1 fully saturated rings. The number of esters is 1. The topological polar surface area (TPSA) is 76.1 Å². The summed E-state index contributed by atoms with van der Waals surface area (Å²) in [6, 6.07) is 0. The van der Waals surface area contributed by atoms with Crippen LogP contribution in [0.2, 0.25) is 0 Å². The molecule has 6 heteroatoms. The lowest BCUT2D eigenvalue weighted by atomic mass is 10.0. The number of carboxylic acids is 1. The third-order valence-electron chi connectivity index (χ3n) is 4.10. The van der Waals surface area contributed by atoms with E-state index in [0.717, 1.165) is 25.6 Å². The van der Waals surface area contributed by atoms with Crippen LogP contribution in [0.4, 0.5) is 0 Å². The van der Waals surface area contributed by atoms with Crippen LogP contribution >= 0.6 is 0 Å². The van der Waals surface area contributed by atoms with E-state index in [2.05, 4.69) is 4.90 Å². The number of hydrogen-bond acceptors (Lipinski definition) is 5. The lowest BCUT2D eigenvalue weighted by molar-refractivity contribution is -0.146. The fraction of sp³-hybridized carbons (Fsp3) is 0.750. The molecule has 2 unspecified atom stereocenters. The van der Waals surface area contributed by atoms with Crippen LogP contribution in [0.15, 0.2) is 11.6 Å². The number of carbonyl (C=O) groups excluding carboxylic acids is 1. The first-order valence-corrected chi connectivity index (χ1v) is 7.88. The average Bonchev–Trinajstić information content (AvgIpc) is 2.51. The summed E-state index contributed by atoms with van der Waals surface area (Å²) >= 11 is 0. The Bertz CT molecular complexity index is 401. The Hall–Kier alpha value is -1.40. The van der Waals surface area contributed by atoms with Gasteiger partial charge in [0.05, 0.1) is 13.2 Å². The minimum Gasteiger partial charge on any atom is -0.478 e. The van der Waals surface area contributed by atoms with Crippen LogP contribution in [0.3, 0.4) is 0 Å². The maximum atomic E-state index is 12.2. The van der Waals surface area contributed by atoms with E-state index in [-0.39, 0.29) is 17.6 Å². The first-order valence-electron chi connectivity index (χ1n) is 7.88. The third-order valence-corrected chi connectivity index (χ3v) is 4.10. The van der Waals surface area contributed by atoms with Gasteiger partial charge in [0.2, 0.25) is 0 Å². The Balaban J connectivity index is 2.59. The Morgan fingerprint density at radius 1 is 1.32 bits per heavy atom. The second-order valence-corrected chi connectivity index (χ2v) is 5.71. The summed E-state index contributed by atoms with van der Waals surface area (Å²) in [4.78, 5) is 25.3. The quantitative estimate of drug-likeness (QED) is 0.543. The Labute approximate surface area is 132 Å². The van der Waals surface area contributed by atoms with E-state index in [9.17, 15) is 9.59 Å². The van der Waals surface area contributed by atoms with E-state index in [4.69, 9.17) is 14.6 Å². The summed E-state index contributed by atoms with van der Waals surface area (Å²) in [5, 5.41) is 8.94. The van der Waals surface area contributed by atoms with Gasteiger partial charge in [0.25, 0.3) is 0 Å². The van der Waals surface area contributed by atoms with Crippen LogP contribution in [-0.2, 0) is 19.1 Å². The van der Waals surface area contributed by atoms with Gasteiger partial charge in [-0.15, -0.1) is 0 Å². The number of aliphatic carboxylic acids is 1. The zero-order valence-electron chi connectivity index (χ0n) is 13.7. The Morgan fingerprint density at radius 2 is 1.95 bits per heavy atom. The maximum Gasteiger partial charge on any atom is 0.334 e. The summed E-state index contributed by atoms with van der Waals surface area (Å²) in [7, 11) is 0. The Morgan fingerprint density at radius 3 is 2.50 bits per heavy atom. The highest BCUT2D eigenvalue weighted by molar-refractivity contribution is 5.95. The summed E-state index contributed by atoms with van der Waals surface area (Å²) < 4.78 is 10.7. The van der Waals surface area contributed by atoms with Crippen molar-refractivity contribution in [2.75, 3.05) is 32.8 Å². The SMILES string of the molecule is CCC(C)C(C)OC(=O)/C(=C/C(=O)O)CCN1CCOCC1. The summed E-state index contributed by atoms with van der Waals surface area (Å²) in [6.07, 6.45) is 2.02. The number of carboxylic acid groups (broad SMARTS) is 1. The molecule has 0 saturated carbocycles. The summed E-state index contributed by atoms with van der Waals surface area (Å²) in [6.45, 7) is 9.47. The predicted octanol–water partition coefficient (Wildman–Crippen LogP) is 1.70. The molecule has 0 amide bonds. The number of nitrogens with zero attached hydrogens (tertiary/aromatic N) is 1. The number of morpholine rings is 1. The summed E-state index contributed by atoms with van der Waals surface area (Å²) in [5.74, 6) is -1.40.